The number of halogens is 2. The molecule has 0 unspecified atom stereocenters. The van der Waals surface area contributed by atoms with Crippen molar-refractivity contribution < 1.29 is 9.31 Å². The third kappa shape index (κ3) is 3.90. The summed E-state index contributed by atoms with van der Waals surface area (Å²) in [4.78, 5) is 10.5. The molecule has 0 atom stereocenters. The highest BCUT2D eigenvalue weighted by Crippen LogP contribution is 2.28. The zero-order valence-electron chi connectivity index (χ0n) is 11.4. The molecule has 110 valence electrons. The lowest BCUT2D eigenvalue weighted by molar-refractivity contribution is -0.384. The predicted octanol–water partition coefficient (Wildman–Crippen LogP) is 4.30. The molecule has 0 saturated carbocycles. The Labute approximate surface area is 135 Å². The van der Waals surface area contributed by atoms with Crippen LogP contribution in [0.5, 0.6) is 0 Å². The quantitative estimate of drug-likeness (QED) is 0.463. The summed E-state index contributed by atoms with van der Waals surface area (Å²) in [6.45, 7) is 2.52. The maximum Gasteiger partial charge on any atom is 0.293 e. The molecule has 4 nitrogen and oxygen atoms in total. The first-order chi connectivity index (χ1) is 9.99. The lowest BCUT2D eigenvalue weighted by Crippen LogP contribution is -2.08. The Kier molecular flexibility index (Phi) is 5.11. The Hall–Kier alpha value is -1.70. The van der Waals surface area contributed by atoms with Crippen molar-refractivity contribution in [1.29, 1.82) is 0 Å². The molecule has 0 aromatic heterocycles. The van der Waals surface area contributed by atoms with Crippen molar-refractivity contribution in [2.75, 3.05) is 11.9 Å². The standard InChI is InChI=1S/C15H14FIN2O2/c1-10-4-2-3-5-11(10)6-7-18-14-8-12(16)13(17)9-15(14)19(20)21/h2-5,8-9,18H,6-7H2,1H3. The van der Waals surface area contributed by atoms with Gasteiger partial charge in [0.1, 0.15) is 11.5 Å². The summed E-state index contributed by atoms with van der Waals surface area (Å²) < 4.78 is 13.8. The van der Waals surface area contributed by atoms with Crippen molar-refractivity contribution in [3.05, 3.63) is 67.0 Å². The molecule has 0 saturated heterocycles. The normalized spacial score (nSPS) is 10.4. The lowest BCUT2D eigenvalue weighted by atomic mass is 10.1. The van der Waals surface area contributed by atoms with E-state index in [0.29, 0.717) is 6.54 Å². The smallest absolute Gasteiger partial charge is 0.293 e. The summed E-state index contributed by atoms with van der Waals surface area (Å²) in [5.74, 6) is -0.459. The fourth-order valence-electron chi connectivity index (χ4n) is 2.05. The van der Waals surface area contributed by atoms with Gasteiger partial charge in [-0.15, -0.1) is 0 Å². The van der Waals surface area contributed by atoms with Gasteiger partial charge in [-0.3, -0.25) is 10.1 Å². The van der Waals surface area contributed by atoms with Crippen molar-refractivity contribution in [2.45, 2.75) is 13.3 Å². The largest absolute Gasteiger partial charge is 0.379 e. The molecule has 0 radical (unpaired) electrons. The molecule has 6 heteroatoms. The van der Waals surface area contributed by atoms with Crippen molar-refractivity contribution in [3.8, 4) is 0 Å². The average molecular weight is 400 g/mol. The molecule has 21 heavy (non-hydrogen) atoms. The van der Waals surface area contributed by atoms with Gasteiger partial charge in [0, 0.05) is 18.7 Å². The molecule has 0 bridgehead atoms. The summed E-state index contributed by atoms with van der Waals surface area (Å²) in [5, 5.41) is 14.0. The van der Waals surface area contributed by atoms with Gasteiger partial charge < -0.3 is 5.32 Å². The lowest BCUT2D eigenvalue weighted by Gasteiger charge is -2.09. The van der Waals surface area contributed by atoms with Gasteiger partial charge in [-0.25, -0.2) is 4.39 Å². The van der Waals surface area contributed by atoms with Crippen molar-refractivity contribution in [3.63, 3.8) is 0 Å². The topological polar surface area (TPSA) is 55.2 Å². The molecule has 0 aliphatic carbocycles. The second-order valence-electron chi connectivity index (χ2n) is 4.64. The summed E-state index contributed by atoms with van der Waals surface area (Å²) >= 11 is 1.74. The predicted molar refractivity (Wildman–Crippen MR) is 89.1 cm³/mol. The SMILES string of the molecule is Cc1ccccc1CCNc1cc(F)c(I)cc1[N+](=O)[O-]. The van der Waals surface area contributed by atoms with E-state index in [-0.39, 0.29) is 14.9 Å². The zero-order chi connectivity index (χ0) is 15.4. The number of nitro benzene ring substituents is 1. The fourth-order valence-corrected chi connectivity index (χ4v) is 2.50. The van der Waals surface area contributed by atoms with Gasteiger partial charge in [0.15, 0.2) is 0 Å². The molecule has 0 heterocycles. The highest BCUT2D eigenvalue weighted by molar-refractivity contribution is 14.1. The van der Waals surface area contributed by atoms with Crippen molar-refractivity contribution in [2.24, 2.45) is 0 Å². The van der Waals surface area contributed by atoms with Crippen molar-refractivity contribution in [1.82, 2.24) is 0 Å². The Morgan fingerprint density at radius 3 is 2.71 bits per heavy atom. The number of hydrogen-bond acceptors (Lipinski definition) is 3. The van der Waals surface area contributed by atoms with E-state index in [1.165, 1.54) is 23.3 Å². The fraction of sp³-hybridized carbons (Fsp3) is 0.200. The molecule has 2 rings (SSSR count). The number of rotatable bonds is 5. The molecule has 2 aromatic rings. The summed E-state index contributed by atoms with van der Waals surface area (Å²) in [6.07, 6.45) is 0.720. The molecule has 1 N–H and O–H groups in total. The Morgan fingerprint density at radius 1 is 1.33 bits per heavy atom. The number of anilines is 1. The van der Waals surface area contributed by atoms with Crippen LogP contribution in [-0.4, -0.2) is 11.5 Å². The first-order valence-corrected chi connectivity index (χ1v) is 7.48. The number of nitro groups is 1. The monoisotopic (exact) mass is 400 g/mol. The van der Waals surface area contributed by atoms with Crippen LogP contribution in [0.4, 0.5) is 15.8 Å². The van der Waals surface area contributed by atoms with Crippen LogP contribution in [-0.2, 0) is 6.42 Å². The van der Waals surface area contributed by atoms with Crippen LogP contribution in [0.25, 0.3) is 0 Å². The maximum atomic E-state index is 13.6. The van der Waals surface area contributed by atoms with Crippen LogP contribution in [0.1, 0.15) is 11.1 Å². The zero-order valence-corrected chi connectivity index (χ0v) is 13.6. The molecule has 2 aromatic carbocycles. The number of nitrogens with zero attached hydrogens (tertiary/aromatic N) is 1. The van der Waals surface area contributed by atoms with Gasteiger partial charge in [0.05, 0.1) is 8.49 Å². The van der Waals surface area contributed by atoms with Crippen molar-refractivity contribution >= 4 is 34.0 Å². The third-order valence-electron chi connectivity index (χ3n) is 3.21. The van der Waals surface area contributed by atoms with E-state index in [9.17, 15) is 14.5 Å². The number of benzene rings is 2. The van der Waals surface area contributed by atoms with E-state index in [1.807, 2.05) is 31.2 Å². The molecule has 0 amide bonds. The average Bonchev–Trinajstić information content (AvgIpc) is 2.44. The number of hydrogen-bond donors (Lipinski definition) is 1. The van der Waals surface area contributed by atoms with E-state index in [2.05, 4.69) is 5.32 Å². The van der Waals surface area contributed by atoms with E-state index in [0.717, 1.165) is 6.42 Å². The van der Waals surface area contributed by atoms with Crippen LogP contribution in [0.2, 0.25) is 0 Å². The summed E-state index contributed by atoms with van der Waals surface area (Å²) in [7, 11) is 0. The summed E-state index contributed by atoms with van der Waals surface area (Å²) in [6, 6.07) is 10.4. The molecule has 0 fully saturated rings. The Bertz CT molecular complexity index is 677. The molecule has 0 aliphatic rings. The van der Waals surface area contributed by atoms with Gasteiger partial charge in [-0.2, -0.15) is 0 Å². The third-order valence-corrected chi connectivity index (χ3v) is 4.03. The minimum atomic E-state index is -0.502. The first kappa shape index (κ1) is 15.7. The maximum absolute atomic E-state index is 13.6. The first-order valence-electron chi connectivity index (χ1n) is 6.41. The van der Waals surface area contributed by atoms with E-state index < -0.39 is 10.7 Å². The molecule has 0 aliphatic heterocycles. The van der Waals surface area contributed by atoms with Crippen LogP contribution in [0, 0.1) is 26.4 Å². The van der Waals surface area contributed by atoms with Gasteiger partial charge in [0.25, 0.3) is 5.69 Å². The van der Waals surface area contributed by atoms with Gasteiger partial charge in [-0.05, 0) is 47.1 Å². The second-order valence-corrected chi connectivity index (χ2v) is 5.81. The Balaban J connectivity index is 2.11. The molecular formula is C15H14FIN2O2. The van der Waals surface area contributed by atoms with Crippen LogP contribution in [0.3, 0.4) is 0 Å². The van der Waals surface area contributed by atoms with E-state index >= 15 is 0 Å². The van der Waals surface area contributed by atoms with Crippen LogP contribution >= 0.6 is 22.6 Å². The highest BCUT2D eigenvalue weighted by atomic mass is 127. The minimum Gasteiger partial charge on any atom is -0.379 e. The number of nitrogens with one attached hydrogen (secondary N) is 1. The molecule has 0 spiro atoms. The second kappa shape index (κ2) is 6.84. The van der Waals surface area contributed by atoms with Crippen LogP contribution in [0.15, 0.2) is 36.4 Å². The minimum absolute atomic E-state index is 0.106. The van der Waals surface area contributed by atoms with Gasteiger partial charge >= 0.3 is 0 Å². The van der Waals surface area contributed by atoms with Gasteiger partial charge in [-0.1, -0.05) is 24.3 Å². The summed E-state index contributed by atoms with van der Waals surface area (Å²) in [5.41, 5.74) is 2.44. The van der Waals surface area contributed by atoms with E-state index in [1.54, 1.807) is 22.6 Å². The van der Waals surface area contributed by atoms with Crippen LogP contribution < -0.4 is 5.32 Å². The molecular weight excluding hydrogens is 386 g/mol. The Morgan fingerprint density at radius 2 is 2.05 bits per heavy atom. The van der Waals surface area contributed by atoms with E-state index in [4.69, 9.17) is 0 Å². The number of aryl methyl sites for hydroxylation is 1. The van der Waals surface area contributed by atoms with Gasteiger partial charge in [0.2, 0.25) is 0 Å². The highest BCUT2D eigenvalue weighted by Gasteiger charge is 2.17.